The van der Waals surface area contributed by atoms with Gasteiger partial charge in [0.2, 0.25) is 0 Å². The number of hydrogen-bond donors (Lipinski definition) is 1. The second kappa shape index (κ2) is 4.42. The summed E-state index contributed by atoms with van der Waals surface area (Å²) in [5, 5.41) is 7.70. The summed E-state index contributed by atoms with van der Waals surface area (Å²) in [7, 11) is 0. The van der Waals surface area contributed by atoms with Crippen LogP contribution >= 0.6 is 11.8 Å². The Labute approximate surface area is 110 Å². The molecule has 1 aliphatic rings. The summed E-state index contributed by atoms with van der Waals surface area (Å²) in [6, 6.07) is 2.02. The summed E-state index contributed by atoms with van der Waals surface area (Å²) in [5.41, 5.74) is 0.960. The highest BCUT2D eigenvalue weighted by Gasteiger charge is 2.29. The van der Waals surface area contributed by atoms with E-state index in [0.717, 1.165) is 18.1 Å². The van der Waals surface area contributed by atoms with Gasteiger partial charge in [-0.05, 0) is 32.4 Å². The van der Waals surface area contributed by atoms with Gasteiger partial charge >= 0.3 is 0 Å². The summed E-state index contributed by atoms with van der Waals surface area (Å²) in [6.45, 7) is 5.26. The van der Waals surface area contributed by atoms with E-state index in [0.29, 0.717) is 10.5 Å². The zero-order chi connectivity index (χ0) is 12.6. The minimum absolute atomic E-state index is 0.337. The number of nitrogens with zero attached hydrogens (tertiary/aromatic N) is 4. The van der Waals surface area contributed by atoms with E-state index in [9.17, 15) is 0 Å². The monoisotopic (exact) mass is 263 g/mol. The number of fused-ring (bicyclic) bond motifs is 1. The van der Waals surface area contributed by atoms with Crippen LogP contribution in [0.1, 0.15) is 25.5 Å². The largest absolute Gasteiger partial charge is 0.368 e. The molecule has 1 saturated heterocycles. The lowest BCUT2D eigenvalue weighted by Crippen LogP contribution is -2.28. The van der Waals surface area contributed by atoms with E-state index in [1.54, 1.807) is 10.8 Å². The van der Waals surface area contributed by atoms with E-state index >= 15 is 0 Å². The molecule has 0 saturated carbocycles. The second-order valence-electron chi connectivity index (χ2n) is 5.01. The minimum Gasteiger partial charge on any atom is -0.368 e. The summed E-state index contributed by atoms with van der Waals surface area (Å²) in [4.78, 5) is 8.47. The number of rotatable bonds is 3. The zero-order valence-corrected chi connectivity index (χ0v) is 11.5. The fourth-order valence-electron chi connectivity index (χ4n) is 2.31. The van der Waals surface area contributed by atoms with Gasteiger partial charge in [0.05, 0.1) is 0 Å². The van der Waals surface area contributed by atoms with Crippen LogP contribution in [-0.2, 0) is 0 Å². The fraction of sp³-hybridized carbons (Fsp3) is 0.583. The highest BCUT2D eigenvalue weighted by atomic mass is 32.2. The summed E-state index contributed by atoms with van der Waals surface area (Å²) < 4.78 is 2.10. The molecule has 96 valence electrons. The van der Waals surface area contributed by atoms with Crippen LogP contribution in [0.4, 0.5) is 5.82 Å². The van der Waals surface area contributed by atoms with Crippen molar-refractivity contribution in [1.82, 2.24) is 19.6 Å². The van der Waals surface area contributed by atoms with Crippen molar-refractivity contribution in [2.75, 3.05) is 17.6 Å². The maximum atomic E-state index is 4.34. The lowest BCUT2D eigenvalue weighted by atomic mass is 10.1. The van der Waals surface area contributed by atoms with Gasteiger partial charge in [-0.1, -0.05) is 0 Å². The van der Waals surface area contributed by atoms with Crippen LogP contribution in [0.3, 0.4) is 0 Å². The van der Waals surface area contributed by atoms with Gasteiger partial charge in [-0.2, -0.15) is 26.4 Å². The molecule has 1 atom stereocenters. The summed E-state index contributed by atoms with van der Waals surface area (Å²) in [6.07, 6.45) is 4.13. The smallest absolute Gasteiger partial charge is 0.254 e. The van der Waals surface area contributed by atoms with Crippen LogP contribution in [0.5, 0.6) is 0 Å². The van der Waals surface area contributed by atoms with Crippen LogP contribution in [0.2, 0.25) is 0 Å². The highest BCUT2D eigenvalue weighted by Crippen LogP contribution is 2.37. The van der Waals surface area contributed by atoms with Crippen molar-refractivity contribution in [3.63, 3.8) is 0 Å². The molecule has 0 aromatic carbocycles. The molecule has 18 heavy (non-hydrogen) atoms. The van der Waals surface area contributed by atoms with E-state index in [-0.39, 0.29) is 0 Å². The second-order valence-corrected chi connectivity index (χ2v) is 6.69. The van der Waals surface area contributed by atoms with Crippen LogP contribution in [-0.4, -0.2) is 36.6 Å². The SMILES string of the molecule is Cc1cc(NCC2(C)CCCS2)n2ncnc2n1. The van der Waals surface area contributed by atoms with E-state index in [1.165, 1.54) is 18.6 Å². The first kappa shape index (κ1) is 11.8. The molecule has 2 aromatic rings. The van der Waals surface area contributed by atoms with Crippen LogP contribution < -0.4 is 5.32 Å². The average molecular weight is 263 g/mol. The average Bonchev–Trinajstić information content (AvgIpc) is 2.95. The highest BCUT2D eigenvalue weighted by molar-refractivity contribution is 8.00. The molecule has 1 unspecified atom stereocenters. The van der Waals surface area contributed by atoms with E-state index < -0.39 is 0 Å². The molecule has 0 amide bonds. The molecule has 0 aliphatic carbocycles. The Balaban J connectivity index is 1.83. The summed E-state index contributed by atoms with van der Waals surface area (Å²) in [5.74, 6) is 2.90. The van der Waals surface area contributed by atoms with Gasteiger partial charge in [0.1, 0.15) is 12.1 Å². The summed E-state index contributed by atoms with van der Waals surface area (Å²) >= 11 is 2.05. The van der Waals surface area contributed by atoms with E-state index in [4.69, 9.17) is 0 Å². The van der Waals surface area contributed by atoms with Crippen molar-refractivity contribution in [2.24, 2.45) is 0 Å². The number of nitrogens with one attached hydrogen (secondary N) is 1. The first-order chi connectivity index (χ1) is 8.66. The van der Waals surface area contributed by atoms with Crippen molar-refractivity contribution in [1.29, 1.82) is 0 Å². The van der Waals surface area contributed by atoms with Gasteiger partial charge < -0.3 is 5.32 Å². The van der Waals surface area contributed by atoms with Gasteiger partial charge in [0.25, 0.3) is 5.78 Å². The quantitative estimate of drug-likeness (QED) is 0.919. The molecule has 1 N–H and O–H groups in total. The van der Waals surface area contributed by atoms with Gasteiger partial charge in [-0.25, -0.2) is 4.98 Å². The molecule has 1 aliphatic heterocycles. The van der Waals surface area contributed by atoms with Crippen LogP contribution in [0, 0.1) is 6.92 Å². The third kappa shape index (κ3) is 2.16. The molecule has 3 heterocycles. The third-order valence-electron chi connectivity index (χ3n) is 3.32. The third-order valence-corrected chi connectivity index (χ3v) is 4.86. The van der Waals surface area contributed by atoms with Gasteiger partial charge in [0.15, 0.2) is 0 Å². The molecule has 0 radical (unpaired) electrons. The number of anilines is 1. The standard InChI is InChI=1S/C12H17N5S/c1-9-6-10(17-11(16-9)14-8-15-17)13-7-12(2)4-3-5-18-12/h6,8,13H,3-5,7H2,1-2H3. The minimum atomic E-state index is 0.337. The Morgan fingerprint density at radius 1 is 1.56 bits per heavy atom. The number of aryl methyl sites for hydroxylation is 1. The van der Waals surface area contributed by atoms with Gasteiger partial charge in [-0.3, -0.25) is 0 Å². The Kier molecular flexibility index (Phi) is 2.89. The number of hydrogen-bond acceptors (Lipinski definition) is 5. The van der Waals surface area contributed by atoms with Crippen molar-refractivity contribution in [3.05, 3.63) is 18.1 Å². The first-order valence-corrected chi connectivity index (χ1v) is 7.20. The normalized spacial score (nSPS) is 23.7. The van der Waals surface area contributed by atoms with E-state index in [2.05, 4.69) is 39.1 Å². The predicted molar refractivity (Wildman–Crippen MR) is 74.1 cm³/mol. The van der Waals surface area contributed by atoms with Gasteiger partial charge in [-0.15, -0.1) is 0 Å². The molecule has 6 heteroatoms. The van der Waals surface area contributed by atoms with Crippen molar-refractivity contribution < 1.29 is 0 Å². The Morgan fingerprint density at radius 2 is 2.44 bits per heavy atom. The van der Waals surface area contributed by atoms with Crippen LogP contribution in [0.25, 0.3) is 5.78 Å². The van der Waals surface area contributed by atoms with Crippen molar-refractivity contribution >= 4 is 23.4 Å². The Bertz CT molecular complexity index is 559. The molecule has 1 fully saturated rings. The molecular weight excluding hydrogens is 246 g/mol. The predicted octanol–water partition coefficient (Wildman–Crippen LogP) is 2.13. The maximum Gasteiger partial charge on any atom is 0.254 e. The maximum absolute atomic E-state index is 4.34. The Morgan fingerprint density at radius 3 is 3.22 bits per heavy atom. The molecule has 0 bridgehead atoms. The van der Waals surface area contributed by atoms with Crippen LogP contribution in [0.15, 0.2) is 12.4 Å². The van der Waals surface area contributed by atoms with Crippen molar-refractivity contribution in [3.8, 4) is 0 Å². The van der Waals surface area contributed by atoms with E-state index in [1.807, 2.05) is 13.0 Å². The molecule has 5 nitrogen and oxygen atoms in total. The molecule has 0 spiro atoms. The zero-order valence-electron chi connectivity index (χ0n) is 10.7. The lowest BCUT2D eigenvalue weighted by molar-refractivity contribution is 0.632. The topological polar surface area (TPSA) is 55.1 Å². The Hall–Kier alpha value is -1.30. The lowest BCUT2D eigenvalue weighted by Gasteiger charge is -2.23. The number of aromatic nitrogens is 4. The molecule has 3 rings (SSSR count). The molecular formula is C12H17N5S. The number of thioether (sulfide) groups is 1. The van der Waals surface area contributed by atoms with Crippen molar-refractivity contribution in [2.45, 2.75) is 31.4 Å². The first-order valence-electron chi connectivity index (χ1n) is 6.22. The molecule has 2 aromatic heterocycles. The van der Waals surface area contributed by atoms with Gasteiger partial charge in [0, 0.05) is 23.1 Å². The fourth-order valence-corrected chi connectivity index (χ4v) is 3.55.